The molecule has 0 saturated carbocycles. The van der Waals surface area contributed by atoms with E-state index in [9.17, 15) is 9.90 Å². The van der Waals surface area contributed by atoms with Gasteiger partial charge in [-0.05, 0) is 26.3 Å². The number of fused-ring (bicyclic) bond motifs is 1. The Hall–Kier alpha value is -0.0461. The summed E-state index contributed by atoms with van der Waals surface area (Å²) in [5, 5.41) is 10.3. The van der Waals surface area contributed by atoms with Gasteiger partial charge >= 0.3 is 0 Å². The number of carbonyl (C=O) groups is 1. The van der Waals surface area contributed by atoms with Crippen LogP contribution in [0.25, 0.3) is 0 Å². The Morgan fingerprint density at radius 1 is 1.47 bits per heavy atom. The van der Waals surface area contributed by atoms with Crippen molar-refractivity contribution in [2.75, 3.05) is 0 Å². The molecule has 1 unspecified atom stereocenters. The molecule has 3 heteroatoms. The minimum atomic E-state index is -0.548. The number of hydrogen-bond acceptors (Lipinski definition) is 2. The maximum atomic E-state index is 11.8. The Balaban J connectivity index is 0.00000144. The van der Waals surface area contributed by atoms with E-state index in [1.807, 2.05) is 13.8 Å². The van der Waals surface area contributed by atoms with Crippen LogP contribution < -0.4 is 0 Å². The van der Waals surface area contributed by atoms with Crippen LogP contribution in [0.3, 0.4) is 0 Å². The van der Waals surface area contributed by atoms with Crippen LogP contribution in [-0.2, 0) is 37.5 Å². The second-order valence-corrected chi connectivity index (χ2v) is 4.76. The molecule has 0 saturated heterocycles. The van der Waals surface area contributed by atoms with Crippen molar-refractivity contribution in [3.63, 3.8) is 0 Å². The van der Waals surface area contributed by atoms with E-state index in [1.165, 1.54) is 0 Å². The van der Waals surface area contributed by atoms with Crippen LogP contribution in [-0.4, -0.2) is 17.0 Å². The van der Waals surface area contributed by atoms with Gasteiger partial charge in [0, 0.05) is 50.3 Å². The van der Waals surface area contributed by atoms with Crippen molar-refractivity contribution >= 4 is 5.78 Å². The van der Waals surface area contributed by atoms with Crippen molar-refractivity contribution in [2.45, 2.75) is 32.8 Å². The summed E-state index contributed by atoms with van der Waals surface area (Å²) in [6, 6.07) is 0. The number of aliphatic hydroxyl groups excluding tert-OH is 1. The summed E-state index contributed by atoms with van der Waals surface area (Å²) in [7, 11) is 0. The normalized spacial score (nSPS) is 32.5. The summed E-state index contributed by atoms with van der Waals surface area (Å²) in [5.41, 5.74) is 2.89. The third-order valence-electron chi connectivity index (χ3n) is 3.73. The first kappa shape index (κ1) is 15.0. The molecule has 3 atom stereocenters. The molecule has 0 spiro atoms. The van der Waals surface area contributed by atoms with Gasteiger partial charge in [-0.2, -0.15) is 0 Å². The first-order valence-corrected chi connectivity index (χ1v) is 5.69. The Labute approximate surface area is 128 Å². The minimum absolute atomic E-state index is 0. The third-order valence-corrected chi connectivity index (χ3v) is 3.73. The fraction of sp³-hybridized carbons (Fsp3) is 0.500. The largest absolute Gasteiger partial charge is 0.498 e. The van der Waals surface area contributed by atoms with Crippen LogP contribution in [0.1, 0.15) is 26.7 Å². The SMILES string of the molecule is C=[C-][C@@H]1CCC(C)=C2C(=O)C=C(C)[C@@H]2C1O.[Y]. The Bertz CT molecular complexity index is 406. The third kappa shape index (κ3) is 2.54. The summed E-state index contributed by atoms with van der Waals surface area (Å²) in [6.07, 6.45) is 5.68. The predicted molar refractivity (Wildman–Crippen MR) is 62.6 cm³/mol. The molecule has 0 aromatic carbocycles. The van der Waals surface area contributed by atoms with E-state index in [-0.39, 0.29) is 50.3 Å². The molecule has 2 aliphatic carbocycles. The molecule has 89 valence electrons. The van der Waals surface area contributed by atoms with E-state index >= 15 is 0 Å². The predicted octanol–water partition coefficient (Wildman–Crippen LogP) is 2.21. The maximum absolute atomic E-state index is 11.8. The van der Waals surface area contributed by atoms with Gasteiger partial charge in [0.1, 0.15) is 0 Å². The van der Waals surface area contributed by atoms with E-state index in [0.29, 0.717) is 0 Å². The van der Waals surface area contributed by atoms with Gasteiger partial charge in [0.2, 0.25) is 0 Å². The molecule has 1 N–H and O–H groups in total. The molecule has 1 radical (unpaired) electrons. The molecule has 0 heterocycles. The zero-order chi connectivity index (χ0) is 11.9. The zero-order valence-corrected chi connectivity index (χ0v) is 13.2. The first-order chi connectivity index (χ1) is 7.56. The quantitative estimate of drug-likeness (QED) is 0.754. The summed E-state index contributed by atoms with van der Waals surface area (Å²) < 4.78 is 0. The van der Waals surface area contributed by atoms with E-state index in [0.717, 1.165) is 29.6 Å². The molecular formula is C14H17O2Y-. The molecule has 17 heavy (non-hydrogen) atoms. The number of rotatable bonds is 1. The summed E-state index contributed by atoms with van der Waals surface area (Å²) in [5.74, 6) is -0.0929. The zero-order valence-electron chi connectivity index (χ0n) is 10.4. The summed E-state index contributed by atoms with van der Waals surface area (Å²) in [4.78, 5) is 11.8. The van der Waals surface area contributed by atoms with E-state index < -0.39 is 6.10 Å². The monoisotopic (exact) mass is 306 g/mol. The molecule has 0 aromatic rings. The van der Waals surface area contributed by atoms with E-state index in [2.05, 4.69) is 12.7 Å². The number of hydrogen-bond donors (Lipinski definition) is 1. The molecule has 0 bridgehead atoms. The van der Waals surface area contributed by atoms with Crippen molar-refractivity contribution < 1.29 is 42.6 Å². The fourth-order valence-electron chi connectivity index (χ4n) is 2.80. The van der Waals surface area contributed by atoms with Gasteiger partial charge in [-0.1, -0.05) is 17.6 Å². The average Bonchev–Trinajstić information content (AvgIpc) is 2.45. The standard InChI is InChI=1S/C14H17O2.Y/c1-4-10-6-5-8(2)12-11(15)7-9(3)13(12)14(10)16;/h7,10,13-14,16H,1,5-6H2,2-3H3;/q-1;/t10-,13+,14?;/m1./s1. The maximum Gasteiger partial charge on any atom is 0.182 e. The Morgan fingerprint density at radius 2 is 2.12 bits per heavy atom. The van der Waals surface area contributed by atoms with E-state index in [4.69, 9.17) is 0 Å². The molecule has 0 aliphatic heterocycles. The number of carbonyl (C=O) groups excluding carboxylic acids is 1. The van der Waals surface area contributed by atoms with Crippen LogP contribution in [0.15, 0.2) is 29.4 Å². The van der Waals surface area contributed by atoms with Crippen molar-refractivity contribution in [1.29, 1.82) is 0 Å². The Morgan fingerprint density at radius 3 is 2.71 bits per heavy atom. The number of allylic oxidation sites excluding steroid dienone is 2. The van der Waals surface area contributed by atoms with Crippen LogP contribution in [0.4, 0.5) is 0 Å². The molecule has 0 amide bonds. The minimum Gasteiger partial charge on any atom is -0.498 e. The fourth-order valence-corrected chi connectivity index (χ4v) is 2.80. The van der Waals surface area contributed by atoms with Crippen molar-refractivity contribution in [2.24, 2.45) is 11.8 Å². The molecule has 0 fully saturated rings. The van der Waals surface area contributed by atoms with Crippen LogP contribution in [0.5, 0.6) is 0 Å². The average molecular weight is 306 g/mol. The second kappa shape index (κ2) is 5.73. The molecule has 2 aliphatic rings. The first-order valence-electron chi connectivity index (χ1n) is 5.69. The topological polar surface area (TPSA) is 37.3 Å². The molecule has 2 rings (SSSR count). The van der Waals surface area contributed by atoms with Gasteiger partial charge in [0.25, 0.3) is 0 Å². The van der Waals surface area contributed by atoms with Gasteiger partial charge < -0.3 is 11.2 Å². The van der Waals surface area contributed by atoms with Crippen molar-refractivity contribution in [1.82, 2.24) is 0 Å². The molecule has 2 nitrogen and oxygen atoms in total. The number of ketones is 1. The molecule has 0 aromatic heterocycles. The summed E-state index contributed by atoms with van der Waals surface area (Å²) in [6.45, 7) is 7.56. The van der Waals surface area contributed by atoms with Crippen LogP contribution in [0, 0.1) is 17.9 Å². The van der Waals surface area contributed by atoms with Gasteiger partial charge in [0.15, 0.2) is 5.78 Å². The summed E-state index contributed by atoms with van der Waals surface area (Å²) >= 11 is 0. The van der Waals surface area contributed by atoms with Gasteiger partial charge in [-0.3, -0.25) is 11.4 Å². The van der Waals surface area contributed by atoms with Crippen LogP contribution >= 0.6 is 0 Å². The van der Waals surface area contributed by atoms with Crippen molar-refractivity contribution in [3.05, 3.63) is 35.5 Å². The smallest absolute Gasteiger partial charge is 0.182 e. The van der Waals surface area contributed by atoms with Crippen molar-refractivity contribution in [3.8, 4) is 0 Å². The Kier molecular flexibility index (Phi) is 5.06. The van der Waals surface area contributed by atoms with Gasteiger partial charge in [-0.15, -0.1) is 5.92 Å². The van der Waals surface area contributed by atoms with Gasteiger partial charge in [0.05, 0.1) is 0 Å². The number of aliphatic hydroxyl groups is 1. The van der Waals surface area contributed by atoms with Gasteiger partial charge in [-0.25, -0.2) is 0 Å². The molecular weight excluding hydrogens is 289 g/mol. The van der Waals surface area contributed by atoms with E-state index in [1.54, 1.807) is 6.08 Å². The van der Waals surface area contributed by atoms with Crippen LogP contribution in [0.2, 0.25) is 0 Å². The second-order valence-electron chi connectivity index (χ2n) is 4.76.